The van der Waals surface area contributed by atoms with Crippen molar-refractivity contribution >= 4 is 35.0 Å². The molecule has 2 N–H and O–H groups in total. The molecule has 35 heavy (non-hydrogen) atoms. The summed E-state index contributed by atoms with van der Waals surface area (Å²) in [5.74, 6) is -2.35. The number of rotatable bonds is 8. The molecule has 0 saturated heterocycles. The van der Waals surface area contributed by atoms with Gasteiger partial charge in [0, 0.05) is 11.1 Å². The zero-order valence-corrected chi connectivity index (χ0v) is 19.6. The maximum absolute atomic E-state index is 15.0. The van der Waals surface area contributed by atoms with E-state index in [1.807, 2.05) is 0 Å². The molecule has 1 heterocycles. The van der Waals surface area contributed by atoms with Crippen LogP contribution < -0.4 is 15.5 Å². The zero-order valence-electron chi connectivity index (χ0n) is 18.9. The molecule has 1 aromatic heterocycles. The van der Waals surface area contributed by atoms with E-state index in [2.05, 4.69) is 10.6 Å². The van der Waals surface area contributed by atoms with Gasteiger partial charge in [0.05, 0.1) is 18.5 Å². The maximum Gasteiger partial charge on any atom is 0.287 e. The van der Waals surface area contributed by atoms with Crippen LogP contribution in [0.1, 0.15) is 47.8 Å². The number of furan rings is 1. The van der Waals surface area contributed by atoms with Crippen molar-refractivity contribution in [1.29, 1.82) is 0 Å². The number of halogens is 2. The normalized spacial score (nSPS) is 14.3. The maximum atomic E-state index is 15.0. The number of nitrogens with one attached hydrogen (secondary N) is 2. The first-order valence-electron chi connectivity index (χ1n) is 11.4. The predicted octanol–water partition coefficient (Wildman–Crippen LogP) is 4.64. The largest absolute Gasteiger partial charge is 0.459 e. The number of hydrogen-bond donors (Lipinski definition) is 2. The Balaban J connectivity index is 1.69. The Morgan fingerprint density at radius 1 is 1.03 bits per heavy atom. The van der Waals surface area contributed by atoms with Gasteiger partial charge in [-0.3, -0.25) is 19.3 Å². The highest BCUT2D eigenvalue weighted by Gasteiger charge is 2.35. The van der Waals surface area contributed by atoms with E-state index in [0.717, 1.165) is 30.6 Å². The van der Waals surface area contributed by atoms with E-state index in [1.165, 1.54) is 30.5 Å². The van der Waals surface area contributed by atoms with Crippen LogP contribution in [0.3, 0.4) is 0 Å². The average molecular weight is 498 g/mol. The SMILES string of the molecule is O=C(NCC(=O)N(c1ccccc1F)C(C(=O)NC1CCCC1)c1ccc(Cl)cc1)c1ccco1. The molecule has 4 rings (SSSR count). The molecule has 1 atom stereocenters. The first-order valence-corrected chi connectivity index (χ1v) is 11.8. The number of benzene rings is 2. The van der Waals surface area contributed by atoms with E-state index in [0.29, 0.717) is 10.6 Å². The van der Waals surface area contributed by atoms with E-state index in [-0.39, 0.29) is 17.5 Å². The van der Waals surface area contributed by atoms with Crippen LogP contribution in [-0.2, 0) is 9.59 Å². The number of nitrogens with zero attached hydrogens (tertiary/aromatic N) is 1. The van der Waals surface area contributed by atoms with Gasteiger partial charge in [-0.15, -0.1) is 0 Å². The van der Waals surface area contributed by atoms with Crippen LogP contribution in [0.4, 0.5) is 10.1 Å². The van der Waals surface area contributed by atoms with Crippen molar-refractivity contribution in [1.82, 2.24) is 10.6 Å². The fourth-order valence-electron chi connectivity index (χ4n) is 4.21. The Morgan fingerprint density at radius 3 is 2.40 bits per heavy atom. The second-order valence-corrected chi connectivity index (χ2v) is 8.76. The third-order valence-corrected chi connectivity index (χ3v) is 6.17. The number of amides is 3. The highest BCUT2D eigenvalue weighted by Crippen LogP contribution is 2.31. The monoisotopic (exact) mass is 497 g/mol. The van der Waals surface area contributed by atoms with Gasteiger partial charge in [0.25, 0.3) is 5.91 Å². The number of carbonyl (C=O) groups is 3. The van der Waals surface area contributed by atoms with Gasteiger partial charge in [-0.05, 0) is 54.8 Å². The van der Waals surface area contributed by atoms with Crippen LogP contribution in [-0.4, -0.2) is 30.3 Å². The van der Waals surface area contributed by atoms with Crippen molar-refractivity contribution in [3.63, 3.8) is 0 Å². The Hall–Kier alpha value is -3.65. The minimum atomic E-state index is -1.18. The predicted molar refractivity (Wildman–Crippen MR) is 130 cm³/mol. The van der Waals surface area contributed by atoms with Crippen LogP contribution in [0.25, 0.3) is 0 Å². The molecule has 1 aliphatic carbocycles. The van der Waals surface area contributed by atoms with Crippen LogP contribution >= 0.6 is 11.6 Å². The lowest BCUT2D eigenvalue weighted by Gasteiger charge is -2.32. The summed E-state index contributed by atoms with van der Waals surface area (Å²) >= 11 is 6.05. The van der Waals surface area contributed by atoms with Gasteiger partial charge in [0.2, 0.25) is 11.8 Å². The highest BCUT2D eigenvalue weighted by molar-refractivity contribution is 6.30. The van der Waals surface area contributed by atoms with Crippen LogP contribution in [0.15, 0.2) is 71.3 Å². The van der Waals surface area contributed by atoms with Crippen molar-refractivity contribution in [2.24, 2.45) is 0 Å². The molecule has 1 saturated carbocycles. The van der Waals surface area contributed by atoms with Gasteiger partial charge < -0.3 is 15.1 Å². The van der Waals surface area contributed by atoms with Crippen molar-refractivity contribution in [2.75, 3.05) is 11.4 Å². The van der Waals surface area contributed by atoms with Crippen molar-refractivity contribution in [3.05, 3.63) is 89.1 Å². The molecule has 1 fully saturated rings. The molecule has 9 heteroatoms. The Morgan fingerprint density at radius 2 is 1.74 bits per heavy atom. The second kappa shape index (κ2) is 11.2. The minimum Gasteiger partial charge on any atom is -0.459 e. The van der Waals surface area contributed by atoms with Gasteiger partial charge in [-0.1, -0.05) is 48.7 Å². The Kier molecular flexibility index (Phi) is 7.82. The lowest BCUT2D eigenvalue weighted by Crippen LogP contribution is -2.49. The Labute approximate surface area is 207 Å². The van der Waals surface area contributed by atoms with Crippen molar-refractivity contribution < 1.29 is 23.2 Å². The number of carbonyl (C=O) groups excluding carboxylic acids is 3. The first kappa shape index (κ1) is 24.5. The fraction of sp³-hybridized carbons (Fsp3) is 0.269. The van der Waals surface area contributed by atoms with Crippen LogP contribution in [0.5, 0.6) is 0 Å². The molecular weight excluding hydrogens is 473 g/mol. The van der Waals surface area contributed by atoms with Crippen LogP contribution in [0.2, 0.25) is 5.02 Å². The molecule has 3 amide bonds. The molecule has 3 aromatic rings. The molecule has 0 spiro atoms. The topological polar surface area (TPSA) is 91.7 Å². The summed E-state index contributed by atoms with van der Waals surface area (Å²) in [5.41, 5.74) is 0.380. The minimum absolute atomic E-state index is 0.0199. The van der Waals surface area contributed by atoms with Crippen molar-refractivity contribution in [3.8, 4) is 0 Å². The molecule has 0 radical (unpaired) electrons. The molecule has 0 bridgehead atoms. The molecule has 0 aliphatic heterocycles. The number of hydrogen-bond acceptors (Lipinski definition) is 4. The molecule has 1 aliphatic rings. The van der Waals surface area contributed by atoms with Gasteiger partial charge >= 0.3 is 0 Å². The molecule has 182 valence electrons. The quantitative estimate of drug-likeness (QED) is 0.474. The van der Waals surface area contributed by atoms with Crippen molar-refractivity contribution in [2.45, 2.75) is 37.8 Å². The van der Waals surface area contributed by atoms with E-state index in [1.54, 1.807) is 36.4 Å². The fourth-order valence-corrected chi connectivity index (χ4v) is 4.34. The van der Waals surface area contributed by atoms with E-state index in [9.17, 15) is 18.8 Å². The number of para-hydroxylation sites is 1. The highest BCUT2D eigenvalue weighted by atomic mass is 35.5. The second-order valence-electron chi connectivity index (χ2n) is 8.32. The molecule has 1 unspecified atom stereocenters. The summed E-state index contributed by atoms with van der Waals surface area (Å²) in [6, 6.07) is 14.0. The first-order chi connectivity index (χ1) is 16.9. The third kappa shape index (κ3) is 5.89. The van der Waals surface area contributed by atoms with Gasteiger partial charge in [-0.25, -0.2) is 4.39 Å². The van der Waals surface area contributed by atoms with Crippen LogP contribution in [0, 0.1) is 5.82 Å². The third-order valence-electron chi connectivity index (χ3n) is 5.92. The van der Waals surface area contributed by atoms with Gasteiger partial charge in [0.15, 0.2) is 5.76 Å². The van der Waals surface area contributed by atoms with Gasteiger partial charge in [0.1, 0.15) is 11.9 Å². The molecular formula is C26H25ClFN3O4. The van der Waals surface area contributed by atoms with E-state index >= 15 is 0 Å². The lowest BCUT2D eigenvalue weighted by atomic mass is 10.0. The summed E-state index contributed by atoms with van der Waals surface area (Å²) in [7, 11) is 0. The van der Waals surface area contributed by atoms with E-state index in [4.69, 9.17) is 16.0 Å². The average Bonchev–Trinajstić information content (AvgIpc) is 3.57. The summed E-state index contributed by atoms with van der Waals surface area (Å²) in [6.45, 7) is -0.478. The standard InChI is InChI=1S/C26H25ClFN3O4/c27-18-13-11-17(12-14-18)24(26(34)30-19-6-1-2-7-19)31(21-9-4-3-8-20(21)28)23(32)16-29-25(33)22-10-5-15-35-22/h3-5,8-15,19,24H,1-2,6-7,16H2,(H,29,33)(H,30,34). The summed E-state index contributed by atoms with van der Waals surface area (Å²) < 4.78 is 20.0. The molecule has 2 aromatic carbocycles. The molecule has 7 nitrogen and oxygen atoms in total. The van der Waals surface area contributed by atoms with Gasteiger partial charge in [-0.2, -0.15) is 0 Å². The summed E-state index contributed by atoms with van der Waals surface area (Å²) in [4.78, 5) is 40.5. The smallest absolute Gasteiger partial charge is 0.287 e. The lowest BCUT2D eigenvalue weighted by molar-refractivity contribution is -0.126. The Bertz CT molecular complexity index is 1180. The summed E-state index contributed by atoms with van der Waals surface area (Å²) in [6.07, 6.45) is 5.03. The zero-order chi connectivity index (χ0) is 24.8. The summed E-state index contributed by atoms with van der Waals surface area (Å²) in [5, 5.41) is 5.95. The van der Waals surface area contributed by atoms with E-state index < -0.39 is 36.1 Å². The number of anilines is 1.